The van der Waals surface area contributed by atoms with E-state index in [-0.39, 0.29) is 6.61 Å². The van der Waals surface area contributed by atoms with Gasteiger partial charge in [0.1, 0.15) is 48.8 Å². The number of unbranched alkanes of at least 4 members (excludes halogenated alkanes) is 13. The van der Waals surface area contributed by atoms with E-state index in [2.05, 4.69) is 6.92 Å². The lowest BCUT2D eigenvalue weighted by Gasteiger charge is -2.42. The number of ether oxygens (including phenoxy) is 4. The molecule has 0 aromatic rings. The quantitative estimate of drug-likeness (QED) is 0.105. The van der Waals surface area contributed by atoms with E-state index in [1.807, 2.05) is 0 Å². The highest BCUT2D eigenvalue weighted by Crippen LogP contribution is 2.26. The zero-order chi connectivity index (χ0) is 28.6. The molecule has 7 N–H and O–H groups in total. The first-order chi connectivity index (χ1) is 18.8. The molecule has 39 heavy (non-hydrogen) atoms. The Labute approximate surface area is 233 Å². The molecular weight excluding hydrogens is 512 g/mol. The fraction of sp³-hybridized carbons (Fsp3) is 1.00. The van der Waals surface area contributed by atoms with Crippen molar-refractivity contribution in [2.45, 2.75) is 158 Å². The number of hydrogen-bond acceptors (Lipinski definition) is 11. The average Bonchev–Trinajstić information content (AvgIpc) is 2.94. The van der Waals surface area contributed by atoms with Crippen LogP contribution in [0.5, 0.6) is 0 Å². The molecule has 11 heteroatoms. The second-order valence-electron chi connectivity index (χ2n) is 11.0. The maximum absolute atomic E-state index is 10.3. The summed E-state index contributed by atoms with van der Waals surface area (Å²) in [6.45, 7) is 1.59. The van der Waals surface area contributed by atoms with E-state index in [0.717, 1.165) is 19.3 Å². The smallest absolute Gasteiger partial charge is 0.186 e. The number of rotatable bonds is 20. The van der Waals surface area contributed by atoms with Crippen molar-refractivity contribution in [2.75, 3.05) is 19.8 Å². The van der Waals surface area contributed by atoms with Crippen molar-refractivity contribution in [3.63, 3.8) is 0 Å². The number of aliphatic hydroxyl groups is 7. The molecule has 11 nitrogen and oxygen atoms in total. The molecule has 10 atom stereocenters. The van der Waals surface area contributed by atoms with Crippen molar-refractivity contribution >= 4 is 0 Å². The summed E-state index contributed by atoms with van der Waals surface area (Å²) in [5.41, 5.74) is 0. The van der Waals surface area contributed by atoms with Crippen LogP contribution in [0.2, 0.25) is 0 Å². The second kappa shape index (κ2) is 19.6. The average molecular weight is 567 g/mol. The van der Waals surface area contributed by atoms with Gasteiger partial charge in [0, 0.05) is 6.61 Å². The lowest BCUT2D eigenvalue weighted by atomic mass is 9.98. The maximum atomic E-state index is 10.3. The van der Waals surface area contributed by atoms with Crippen LogP contribution in [0.25, 0.3) is 0 Å². The molecular formula is C28H54O11. The molecule has 2 rings (SSSR count). The topological polar surface area (TPSA) is 179 Å². The van der Waals surface area contributed by atoms with E-state index in [0.29, 0.717) is 6.61 Å². The molecule has 0 amide bonds. The van der Waals surface area contributed by atoms with E-state index in [4.69, 9.17) is 18.9 Å². The lowest BCUT2D eigenvalue weighted by Crippen LogP contribution is -2.61. The Kier molecular flexibility index (Phi) is 17.5. The minimum atomic E-state index is -1.61. The predicted octanol–water partition coefficient (Wildman–Crippen LogP) is 1.11. The van der Waals surface area contributed by atoms with Crippen molar-refractivity contribution in [1.82, 2.24) is 0 Å². The first-order valence-electron chi connectivity index (χ1n) is 15.0. The van der Waals surface area contributed by atoms with Crippen LogP contribution in [-0.4, -0.2) is 117 Å². The molecule has 0 radical (unpaired) electrons. The van der Waals surface area contributed by atoms with E-state index >= 15 is 0 Å². The summed E-state index contributed by atoms with van der Waals surface area (Å²) in [5, 5.41) is 70.0. The summed E-state index contributed by atoms with van der Waals surface area (Å²) in [6.07, 6.45) is 3.25. The molecule has 0 aromatic carbocycles. The predicted molar refractivity (Wildman–Crippen MR) is 143 cm³/mol. The highest BCUT2D eigenvalue weighted by Gasteiger charge is 2.47. The Balaban J connectivity index is 1.59. The van der Waals surface area contributed by atoms with Crippen molar-refractivity contribution in [3.8, 4) is 0 Å². The van der Waals surface area contributed by atoms with Crippen molar-refractivity contribution in [2.24, 2.45) is 0 Å². The Bertz CT molecular complexity index is 610. The van der Waals surface area contributed by atoms with Crippen LogP contribution in [0.3, 0.4) is 0 Å². The fourth-order valence-electron chi connectivity index (χ4n) is 5.08. The summed E-state index contributed by atoms with van der Waals surface area (Å²) < 4.78 is 22.0. The Morgan fingerprint density at radius 2 is 0.897 bits per heavy atom. The Morgan fingerprint density at radius 1 is 0.487 bits per heavy atom. The number of aliphatic hydroxyl groups excluding tert-OH is 7. The highest BCUT2D eigenvalue weighted by atomic mass is 16.7. The maximum Gasteiger partial charge on any atom is 0.186 e. The molecule has 2 aliphatic rings. The molecule has 232 valence electrons. The van der Waals surface area contributed by atoms with Gasteiger partial charge in [-0.25, -0.2) is 0 Å². The molecule has 0 aromatic heterocycles. The molecule has 2 saturated heterocycles. The molecule has 2 heterocycles. The third kappa shape index (κ3) is 11.8. The summed E-state index contributed by atoms with van der Waals surface area (Å²) in [7, 11) is 0. The highest BCUT2D eigenvalue weighted by molar-refractivity contribution is 4.91. The monoisotopic (exact) mass is 566 g/mol. The van der Waals surface area contributed by atoms with Gasteiger partial charge in [-0.05, 0) is 6.42 Å². The molecule has 0 spiro atoms. The third-order valence-electron chi connectivity index (χ3n) is 7.72. The fourth-order valence-corrected chi connectivity index (χ4v) is 5.08. The van der Waals surface area contributed by atoms with Gasteiger partial charge in [0.2, 0.25) is 0 Å². The van der Waals surface area contributed by atoms with Gasteiger partial charge < -0.3 is 54.7 Å². The molecule has 2 aliphatic heterocycles. The van der Waals surface area contributed by atoms with Crippen LogP contribution in [-0.2, 0) is 18.9 Å². The molecule has 0 saturated carbocycles. The summed E-state index contributed by atoms with van der Waals surface area (Å²) in [5.74, 6) is 0. The van der Waals surface area contributed by atoms with Crippen LogP contribution in [0.1, 0.15) is 96.8 Å². The van der Waals surface area contributed by atoms with Crippen LogP contribution in [0.4, 0.5) is 0 Å². The molecule has 0 bridgehead atoms. The SMILES string of the molecule is CCCCCCCCCCCCCCCCO[C@@H]1O[C@H](CO[C@@H]2O[C@H](CO)[C@@H](O)[C@H](O)[C@H]2O)[C@@H](O)[C@H](O)[C@H]1O. The van der Waals surface area contributed by atoms with E-state index in [1.165, 1.54) is 70.6 Å². The molecule has 2 fully saturated rings. The first-order valence-corrected chi connectivity index (χ1v) is 15.0. The van der Waals surface area contributed by atoms with E-state index < -0.39 is 68.0 Å². The van der Waals surface area contributed by atoms with Gasteiger partial charge in [0.15, 0.2) is 12.6 Å². The second-order valence-corrected chi connectivity index (χ2v) is 11.0. The largest absolute Gasteiger partial charge is 0.394 e. The van der Waals surface area contributed by atoms with Crippen LogP contribution in [0, 0.1) is 0 Å². The number of hydrogen-bond donors (Lipinski definition) is 7. The van der Waals surface area contributed by atoms with Gasteiger partial charge >= 0.3 is 0 Å². The molecule has 0 unspecified atom stereocenters. The standard InChI is InChI=1S/C28H54O11/c1-2-3-4-5-6-7-8-9-10-11-12-13-14-15-16-36-27-25(34)24(33)22(31)20(39-27)18-37-28-26(35)23(32)21(30)19(17-29)38-28/h19-35H,2-18H2,1H3/t19-,20-,21-,22-,23+,24+,25-,26-,27-,28-/m1/s1. The normalized spacial score (nSPS) is 35.4. The van der Waals surface area contributed by atoms with Gasteiger partial charge in [0.05, 0.1) is 13.2 Å². The lowest BCUT2D eigenvalue weighted by molar-refractivity contribution is -0.331. The Morgan fingerprint density at radius 3 is 1.38 bits per heavy atom. The van der Waals surface area contributed by atoms with E-state index in [9.17, 15) is 35.7 Å². The Hall–Kier alpha value is -0.440. The van der Waals surface area contributed by atoms with Crippen molar-refractivity contribution < 1.29 is 54.7 Å². The van der Waals surface area contributed by atoms with Gasteiger partial charge in [-0.1, -0.05) is 90.4 Å². The minimum Gasteiger partial charge on any atom is -0.394 e. The van der Waals surface area contributed by atoms with Crippen molar-refractivity contribution in [3.05, 3.63) is 0 Å². The summed E-state index contributed by atoms with van der Waals surface area (Å²) >= 11 is 0. The van der Waals surface area contributed by atoms with Gasteiger partial charge in [0.25, 0.3) is 0 Å². The van der Waals surface area contributed by atoms with Crippen LogP contribution >= 0.6 is 0 Å². The first kappa shape index (κ1) is 34.8. The minimum absolute atomic E-state index is 0.322. The summed E-state index contributed by atoms with van der Waals surface area (Å²) in [6, 6.07) is 0. The summed E-state index contributed by atoms with van der Waals surface area (Å²) in [4.78, 5) is 0. The molecule has 0 aliphatic carbocycles. The van der Waals surface area contributed by atoms with Gasteiger partial charge in [-0.15, -0.1) is 0 Å². The zero-order valence-corrected chi connectivity index (χ0v) is 23.6. The van der Waals surface area contributed by atoms with Gasteiger partial charge in [-0.2, -0.15) is 0 Å². The van der Waals surface area contributed by atoms with Gasteiger partial charge in [-0.3, -0.25) is 0 Å². The van der Waals surface area contributed by atoms with Crippen molar-refractivity contribution in [1.29, 1.82) is 0 Å². The van der Waals surface area contributed by atoms with Crippen LogP contribution < -0.4 is 0 Å². The third-order valence-corrected chi connectivity index (χ3v) is 7.72. The van der Waals surface area contributed by atoms with Crippen LogP contribution in [0.15, 0.2) is 0 Å². The van der Waals surface area contributed by atoms with E-state index in [1.54, 1.807) is 0 Å². The zero-order valence-electron chi connectivity index (χ0n) is 23.6.